The smallest absolute Gasteiger partial charge is 0.364 e. The Bertz CT molecular complexity index is 907. The molecule has 1 aromatic heterocycles. The molecule has 9 heteroatoms. The topological polar surface area (TPSA) is 85.1 Å². The largest absolute Gasteiger partial charge is 0.403 e. The van der Waals surface area contributed by atoms with Crippen molar-refractivity contribution in [3.05, 3.63) is 59.9 Å². The van der Waals surface area contributed by atoms with E-state index in [2.05, 4.69) is 10.3 Å². The summed E-state index contributed by atoms with van der Waals surface area (Å²) in [5.41, 5.74) is 6.28. The third-order valence-corrected chi connectivity index (χ3v) is 6.72. The summed E-state index contributed by atoms with van der Waals surface area (Å²) in [4.78, 5) is 27.9. The Morgan fingerprint density at radius 2 is 1.97 bits per heavy atom. The van der Waals surface area contributed by atoms with Crippen LogP contribution in [-0.2, 0) is 11.2 Å². The van der Waals surface area contributed by atoms with Crippen LogP contribution in [0, 0.1) is 5.92 Å². The average molecular weight is 423 g/mol. The molecule has 0 bridgehead atoms. The van der Waals surface area contributed by atoms with Crippen molar-refractivity contribution >= 4 is 29.3 Å². The molecule has 1 aromatic carbocycles. The second-order valence-corrected chi connectivity index (χ2v) is 8.85. The number of thioether (sulfide) groups is 1. The van der Waals surface area contributed by atoms with Crippen molar-refractivity contribution in [2.75, 3.05) is 5.32 Å². The van der Waals surface area contributed by atoms with Crippen molar-refractivity contribution in [3.63, 3.8) is 0 Å². The zero-order chi connectivity index (χ0) is 21.2. The zero-order valence-corrected chi connectivity index (χ0v) is 16.4. The van der Waals surface area contributed by atoms with Gasteiger partial charge >= 0.3 is 6.18 Å². The summed E-state index contributed by atoms with van der Waals surface area (Å²) in [6.45, 7) is 1.14. The van der Waals surface area contributed by atoms with Gasteiger partial charge in [0.25, 0.3) is 5.91 Å². The van der Waals surface area contributed by atoms with E-state index in [0.717, 1.165) is 12.5 Å². The number of amides is 2. The van der Waals surface area contributed by atoms with Crippen LogP contribution in [0.15, 0.2) is 48.7 Å². The highest BCUT2D eigenvalue weighted by Crippen LogP contribution is 2.55. The van der Waals surface area contributed by atoms with Gasteiger partial charge in [-0.05, 0) is 43.4 Å². The first-order valence-corrected chi connectivity index (χ1v) is 9.82. The number of carbonyl (C=O) groups is 2. The second-order valence-electron chi connectivity index (χ2n) is 7.20. The molecule has 0 unspecified atom stereocenters. The number of aromatic nitrogens is 1. The van der Waals surface area contributed by atoms with Crippen molar-refractivity contribution < 1.29 is 22.8 Å². The van der Waals surface area contributed by atoms with E-state index in [1.165, 1.54) is 18.3 Å². The summed E-state index contributed by atoms with van der Waals surface area (Å²) in [6.07, 6.45) is -2.92. The van der Waals surface area contributed by atoms with Gasteiger partial charge in [0.05, 0.1) is 5.25 Å². The number of rotatable bonds is 5. The zero-order valence-electron chi connectivity index (χ0n) is 15.6. The highest BCUT2D eigenvalue weighted by molar-refractivity contribution is 8.02. The molecule has 1 fully saturated rings. The Kier molecular flexibility index (Phi) is 5.88. The Hall–Kier alpha value is -2.55. The number of hydrogen-bond donors (Lipinski definition) is 2. The van der Waals surface area contributed by atoms with Gasteiger partial charge in [0.1, 0.15) is 10.4 Å². The molecule has 29 heavy (non-hydrogen) atoms. The third kappa shape index (κ3) is 4.72. The summed E-state index contributed by atoms with van der Waals surface area (Å²) < 4.78 is 38.9. The number of hydrogen-bond acceptors (Lipinski definition) is 4. The molecule has 3 rings (SSSR count). The lowest BCUT2D eigenvalue weighted by Crippen LogP contribution is -2.37. The first-order valence-electron chi connectivity index (χ1n) is 8.94. The molecule has 1 saturated heterocycles. The predicted octanol–water partition coefficient (Wildman–Crippen LogP) is 3.80. The summed E-state index contributed by atoms with van der Waals surface area (Å²) in [5.74, 6) is -1.79. The van der Waals surface area contributed by atoms with E-state index in [1.807, 2.05) is 30.3 Å². The summed E-state index contributed by atoms with van der Waals surface area (Å²) >= 11 is 0.641. The van der Waals surface area contributed by atoms with Gasteiger partial charge in [0, 0.05) is 11.9 Å². The van der Waals surface area contributed by atoms with Crippen LogP contribution < -0.4 is 11.1 Å². The van der Waals surface area contributed by atoms with E-state index in [9.17, 15) is 22.8 Å². The molecule has 0 aliphatic carbocycles. The number of halogens is 3. The number of primary amides is 1. The van der Waals surface area contributed by atoms with Gasteiger partial charge in [-0.25, -0.2) is 0 Å². The van der Waals surface area contributed by atoms with Gasteiger partial charge in [0.2, 0.25) is 5.91 Å². The number of carbonyl (C=O) groups excluding carboxylic acids is 2. The van der Waals surface area contributed by atoms with E-state index >= 15 is 0 Å². The molecule has 1 aliphatic heterocycles. The molecule has 2 amide bonds. The summed E-state index contributed by atoms with van der Waals surface area (Å²) in [6, 6.07) is 11.9. The van der Waals surface area contributed by atoms with Crippen LogP contribution in [0.3, 0.4) is 0 Å². The van der Waals surface area contributed by atoms with Crippen LogP contribution in [0.25, 0.3) is 0 Å². The first-order chi connectivity index (χ1) is 13.6. The summed E-state index contributed by atoms with van der Waals surface area (Å²) in [5, 5.41) is 1.71. The van der Waals surface area contributed by atoms with Crippen molar-refractivity contribution in [1.29, 1.82) is 0 Å². The van der Waals surface area contributed by atoms with Crippen LogP contribution in [-0.4, -0.2) is 33.0 Å². The minimum absolute atomic E-state index is 0.0390. The van der Waals surface area contributed by atoms with E-state index in [1.54, 1.807) is 0 Å². The Balaban J connectivity index is 1.83. The standard InChI is InChI=1S/C20H20F3N3O2S/c1-19(20(21,22)23)11-13(9-12-5-3-2-4-6-12)16(29-19)18(28)26-14-7-8-25-15(10-14)17(24)27/h2-8,10,13,16H,9,11H2,1H3,(H2,24,27)(H,25,26,28)/t13-,16-,19-/m1/s1. The first kappa shape index (κ1) is 21.2. The molecule has 3 atom stereocenters. The van der Waals surface area contributed by atoms with Crippen LogP contribution in [0.5, 0.6) is 0 Å². The Labute approximate surface area is 170 Å². The molecule has 2 aromatic rings. The fraction of sp³-hybridized carbons (Fsp3) is 0.350. The number of nitrogens with one attached hydrogen (secondary N) is 1. The van der Waals surface area contributed by atoms with Crippen molar-refractivity contribution in [2.24, 2.45) is 11.7 Å². The second kappa shape index (κ2) is 8.06. The van der Waals surface area contributed by atoms with Crippen molar-refractivity contribution in [1.82, 2.24) is 4.98 Å². The Morgan fingerprint density at radius 1 is 1.28 bits per heavy atom. The van der Waals surface area contributed by atoms with Crippen molar-refractivity contribution in [2.45, 2.75) is 35.9 Å². The quantitative estimate of drug-likeness (QED) is 0.766. The van der Waals surface area contributed by atoms with Gasteiger partial charge in [-0.2, -0.15) is 13.2 Å². The predicted molar refractivity (Wildman–Crippen MR) is 105 cm³/mol. The number of nitrogens with zero attached hydrogens (tertiary/aromatic N) is 1. The number of pyridine rings is 1. The third-order valence-electron chi connectivity index (χ3n) is 4.95. The van der Waals surface area contributed by atoms with E-state index in [0.29, 0.717) is 18.2 Å². The van der Waals surface area contributed by atoms with Crippen LogP contribution in [0.4, 0.5) is 18.9 Å². The SMILES string of the molecule is C[C@]1(C(F)(F)F)C[C@@H](Cc2ccccc2)[C@H](C(=O)Nc2ccnc(C(N)=O)c2)S1. The van der Waals surface area contributed by atoms with Crippen LogP contribution >= 0.6 is 11.8 Å². The number of alkyl halides is 3. The maximum atomic E-state index is 13.7. The molecule has 0 spiro atoms. The van der Waals surface area contributed by atoms with Gasteiger partial charge in [-0.15, -0.1) is 11.8 Å². The summed E-state index contributed by atoms with van der Waals surface area (Å²) in [7, 11) is 0. The number of anilines is 1. The molecule has 154 valence electrons. The lowest BCUT2D eigenvalue weighted by atomic mass is 9.87. The fourth-order valence-corrected chi connectivity index (χ4v) is 4.99. The normalized spacial score (nSPS) is 24.3. The van der Waals surface area contributed by atoms with E-state index < -0.39 is 33.9 Å². The fourth-order valence-electron chi connectivity index (χ4n) is 3.43. The van der Waals surface area contributed by atoms with Gasteiger partial charge in [0.15, 0.2) is 0 Å². The molecule has 3 N–H and O–H groups in total. The maximum Gasteiger partial charge on any atom is 0.403 e. The number of nitrogens with two attached hydrogens (primary N) is 1. The number of benzene rings is 1. The van der Waals surface area contributed by atoms with Gasteiger partial charge < -0.3 is 11.1 Å². The lowest BCUT2D eigenvalue weighted by molar-refractivity contribution is -0.157. The molecule has 5 nitrogen and oxygen atoms in total. The monoisotopic (exact) mass is 423 g/mol. The van der Waals surface area contributed by atoms with Crippen LogP contribution in [0.2, 0.25) is 0 Å². The van der Waals surface area contributed by atoms with Gasteiger partial charge in [-0.3, -0.25) is 14.6 Å². The maximum absolute atomic E-state index is 13.7. The van der Waals surface area contributed by atoms with E-state index in [4.69, 9.17) is 5.73 Å². The Morgan fingerprint density at radius 3 is 2.59 bits per heavy atom. The molecule has 0 radical (unpaired) electrons. The molecular weight excluding hydrogens is 403 g/mol. The minimum atomic E-state index is -4.43. The lowest BCUT2D eigenvalue weighted by Gasteiger charge is -2.26. The van der Waals surface area contributed by atoms with Gasteiger partial charge in [-0.1, -0.05) is 30.3 Å². The minimum Gasteiger partial charge on any atom is -0.364 e. The van der Waals surface area contributed by atoms with Crippen molar-refractivity contribution in [3.8, 4) is 0 Å². The van der Waals surface area contributed by atoms with Crippen LogP contribution in [0.1, 0.15) is 29.4 Å². The molecule has 0 saturated carbocycles. The average Bonchev–Trinajstić information content (AvgIpc) is 3.00. The highest BCUT2D eigenvalue weighted by Gasteiger charge is 2.60. The molecule has 1 aliphatic rings. The highest BCUT2D eigenvalue weighted by atomic mass is 32.2. The molecular formula is C20H20F3N3O2S. The molecule has 2 heterocycles. The van der Waals surface area contributed by atoms with E-state index in [-0.39, 0.29) is 17.8 Å².